The van der Waals surface area contributed by atoms with E-state index in [1.165, 1.54) is 17.8 Å². The van der Waals surface area contributed by atoms with Crippen molar-refractivity contribution in [2.75, 3.05) is 0 Å². The molecule has 0 heterocycles. The molecule has 0 bridgehead atoms. The van der Waals surface area contributed by atoms with Crippen molar-refractivity contribution in [3.63, 3.8) is 0 Å². The van der Waals surface area contributed by atoms with Gasteiger partial charge in [-0.3, -0.25) is 14.4 Å². The molecule has 0 amide bonds. The van der Waals surface area contributed by atoms with E-state index in [4.69, 9.17) is 0 Å². The summed E-state index contributed by atoms with van der Waals surface area (Å²) in [5.74, 6) is -1.01. The van der Waals surface area contributed by atoms with E-state index < -0.39 is 0 Å². The maximum Gasteiger partial charge on any atom is 0.196 e. The molecule has 1 aliphatic rings. The summed E-state index contributed by atoms with van der Waals surface area (Å²) in [7, 11) is 0. The predicted octanol–water partition coefficient (Wildman–Crippen LogP) is 4.15. The van der Waals surface area contributed by atoms with Gasteiger partial charge in [-0.25, -0.2) is 0 Å². The average Bonchev–Trinajstić information content (AvgIpc) is 2.52. The zero-order chi connectivity index (χ0) is 17.9. The number of ketones is 3. The lowest BCUT2D eigenvalue weighted by Crippen LogP contribution is -2.23. The molecule has 0 saturated heterocycles. The predicted molar refractivity (Wildman–Crippen MR) is 98.6 cm³/mol. The van der Waals surface area contributed by atoms with Gasteiger partial charge >= 0.3 is 0 Å². The Balaban J connectivity index is 2.47. The summed E-state index contributed by atoms with van der Waals surface area (Å²) < 4.78 is 0. The fourth-order valence-electron chi connectivity index (χ4n) is 2.36. The number of allylic oxidation sites excluding steroid dienone is 5. The molecule has 0 spiro atoms. The Hall–Kier alpha value is -2.20. The van der Waals surface area contributed by atoms with Gasteiger partial charge in [-0.1, -0.05) is 44.2 Å². The normalized spacial score (nSPS) is 15.9. The molecule has 124 valence electrons. The van der Waals surface area contributed by atoms with Gasteiger partial charge in [0.1, 0.15) is 0 Å². The van der Waals surface area contributed by atoms with Gasteiger partial charge in [-0.2, -0.15) is 0 Å². The van der Waals surface area contributed by atoms with E-state index in [0.29, 0.717) is 11.1 Å². The Labute approximate surface area is 146 Å². The van der Waals surface area contributed by atoms with Crippen LogP contribution in [0.5, 0.6) is 0 Å². The summed E-state index contributed by atoms with van der Waals surface area (Å²) in [6, 6.07) is 9.42. The largest absolute Gasteiger partial charge is 0.289 e. The second kappa shape index (κ2) is 7.58. The zero-order valence-corrected chi connectivity index (χ0v) is 15.1. The van der Waals surface area contributed by atoms with E-state index >= 15 is 0 Å². The molecule has 0 saturated carbocycles. The second-order valence-electron chi connectivity index (χ2n) is 5.96. The van der Waals surface area contributed by atoms with Crippen molar-refractivity contribution in [2.45, 2.75) is 32.9 Å². The highest BCUT2D eigenvalue weighted by Gasteiger charge is 2.32. The van der Waals surface area contributed by atoms with E-state index in [2.05, 4.69) is 0 Å². The number of rotatable bonds is 5. The Morgan fingerprint density at radius 3 is 2.33 bits per heavy atom. The Morgan fingerprint density at radius 1 is 1.12 bits per heavy atom. The number of carbonyl (C=O) groups excluding carboxylic acids is 3. The molecule has 0 aliphatic heterocycles. The number of Topliss-reactive ketones (excluding diaryl/α,β-unsaturated/α-hetero) is 2. The van der Waals surface area contributed by atoms with Crippen LogP contribution >= 0.6 is 11.8 Å². The van der Waals surface area contributed by atoms with Crippen LogP contribution in [0.4, 0.5) is 0 Å². The minimum atomic E-state index is -0.388. The van der Waals surface area contributed by atoms with E-state index in [1.54, 1.807) is 19.9 Å². The van der Waals surface area contributed by atoms with Gasteiger partial charge in [-0.05, 0) is 37.1 Å². The first-order chi connectivity index (χ1) is 11.3. The van der Waals surface area contributed by atoms with Gasteiger partial charge in [0, 0.05) is 10.8 Å². The lowest BCUT2D eigenvalue weighted by molar-refractivity contribution is -0.119. The van der Waals surface area contributed by atoms with E-state index in [0.717, 1.165) is 5.56 Å². The first-order valence-corrected chi connectivity index (χ1v) is 8.65. The van der Waals surface area contributed by atoms with Crippen LogP contribution < -0.4 is 0 Å². The van der Waals surface area contributed by atoms with Crippen LogP contribution in [0.15, 0.2) is 58.0 Å². The summed E-state index contributed by atoms with van der Waals surface area (Å²) in [5, 5.41) is 0.101. The van der Waals surface area contributed by atoms with Gasteiger partial charge in [0.25, 0.3) is 0 Å². The Morgan fingerprint density at radius 2 is 1.75 bits per heavy atom. The Kier molecular flexibility index (Phi) is 5.73. The van der Waals surface area contributed by atoms with Crippen LogP contribution in [0.1, 0.15) is 33.3 Å². The molecule has 1 aliphatic carbocycles. The number of hydrogen-bond acceptors (Lipinski definition) is 4. The minimum Gasteiger partial charge on any atom is -0.289 e. The number of carbonyl (C=O) groups is 3. The minimum absolute atomic E-state index is 0.00557. The first-order valence-electron chi connectivity index (χ1n) is 7.77. The SMILES string of the molecule is CC1=CC(=O)C(C(=O)/C(C)=C/c2ccccc2)=C(SC(C)C)C1=O. The summed E-state index contributed by atoms with van der Waals surface area (Å²) in [4.78, 5) is 37.9. The van der Waals surface area contributed by atoms with Crippen LogP contribution in [-0.2, 0) is 14.4 Å². The molecule has 0 radical (unpaired) electrons. The highest BCUT2D eigenvalue weighted by Crippen LogP contribution is 2.33. The molecule has 0 unspecified atom stereocenters. The van der Waals surface area contributed by atoms with Crippen LogP contribution in [-0.4, -0.2) is 22.6 Å². The third-order valence-electron chi connectivity index (χ3n) is 3.51. The lowest BCUT2D eigenvalue weighted by atomic mass is 9.91. The molecular weight excluding hydrogens is 320 g/mol. The third kappa shape index (κ3) is 4.01. The van der Waals surface area contributed by atoms with Crippen molar-refractivity contribution in [1.82, 2.24) is 0 Å². The van der Waals surface area contributed by atoms with Gasteiger partial charge in [0.2, 0.25) is 0 Å². The summed E-state index contributed by atoms with van der Waals surface area (Å²) >= 11 is 1.27. The van der Waals surface area contributed by atoms with Crippen LogP contribution in [0.3, 0.4) is 0 Å². The smallest absolute Gasteiger partial charge is 0.196 e. The van der Waals surface area contributed by atoms with Crippen molar-refractivity contribution in [3.05, 3.63) is 63.6 Å². The molecule has 4 heteroatoms. The topological polar surface area (TPSA) is 51.2 Å². The monoisotopic (exact) mass is 340 g/mol. The summed E-state index contributed by atoms with van der Waals surface area (Å²) in [6.07, 6.45) is 2.99. The maximum absolute atomic E-state index is 12.8. The first kappa shape index (κ1) is 18.1. The number of benzene rings is 1. The molecule has 3 nitrogen and oxygen atoms in total. The number of hydrogen-bond donors (Lipinski definition) is 0. The van der Waals surface area contributed by atoms with Crippen molar-refractivity contribution in [2.24, 2.45) is 0 Å². The second-order valence-corrected chi connectivity index (χ2v) is 7.55. The van der Waals surface area contributed by atoms with Gasteiger partial charge < -0.3 is 0 Å². The molecule has 0 aromatic heterocycles. The van der Waals surface area contributed by atoms with Crippen molar-refractivity contribution in [3.8, 4) is 0 Å². The molecular formula is C20H20O3S. The molecule has 2 rings (SSSR count). The maximum atomic E-state index is 12.8. The summed E-state index contributed by atoms with van der Waals surface area (Å²) in [5.41, 5.74) is 1.69. The van der Waals surface area contributed by atoms with Gasteiger partial charge in [0.15, 0.2) is 17.3 Å². The van der Waals surface area contributed by atoms with Crippen molar-refractivity contribution in [1.29, 1.82) is 0 Å². The molecule has 0 fully saturated rings. The summed E-state index contributed by atoms with van der Waals surface area (Å²) in [6.45, 7) is 7.13. The highest BCUT2D eigenvalue weighted by molar-refractivity contribution is 8.04. The standard InChI is InChI=1S/C20H20O3S/c1-12(2)24-20-17(16(21)11-14(4)19(20)23)18(22)13(3)10-15-8-6-5-7-9-15/h5-12H,1-4H3/b13-10+. The van der Waals surface area contributed by atoms with E-state index in [9.17, 15) is 14.4 Å². The fourth-order valence-corrected chi connectivity index (χ4v) is 3.41. The van der Waals surface area contributed by atoms with Crippen LogP contribution in [0.25, 0.3) is 6.08 Å². The van der Waals surface area contributed by atoms with Gasteiger partial charge in [-0.15, -0.1) is 11.8 Å². The van der Waals surface area contributed by atoms with Crippen LogP contribution in [0, 0.1) is 0 Å². The van der Waals surface area contributed by atoms with E-state index in [-0.39, 0.29) is 33.1 Å². The zero-order valence-electron chi connectivity index (χ0n) is 14.3. The molecule has 1 aromatic carbocycles. The quantitative estimate of drug-likeness (QED) is 0.459. The average molecular weight is 340 g/mol. The van der Waals surface area contributed by atoms with Crippen LogP contribution in [0.2, 0.25) is 0 Å². The molecule has 0 N–H and O–H groups in total. The van der Waals surface area contributed by atoms with E-state index in [1.807, 2.05) is 44.2 Å². The van der Waals surface area contributed by atoms with Crippen molar-refractivity contribution < 1.29 is 14.4 Å². The third-order valence-corrected chi connectivity index (χ3v) is 4.60. The van der Waals surface area contributed by atoms with Crippen molar-refractivity contribution >= 4 is 35.2 Å². The number of thioether (sulfide) groups is 1. The molecule has 1 aromatic rings. The highest BCUT2D eigenvalue weighted by atomic mass is 32.2. The lowest BCUT2D eigenvalue weighted by Gasteiger charge is -2.18. The molecule has 0 atom stereocenters. The fraction of sp³-hybridized carbons (Fsp3) is 0.250. The Bertz CT molecular complexity index is 780. The van der Waals surface area contributed by atoms with Gasteiger partial charge in [0.05, 0.1) is 10.5 Å². The molecule has 24 heavy (non-hydrogen) atoms.